The third kappa shape index (κ3) is 2.71. The van der Waals surface area contributed by atoms with Gasteiger partial charge < -0.3 is 10.9 Å². The van der Waals surface area contributed by atoms with Gasteiger partial charge in [-0.1, -0.05) is 12.1 Å². The van der Waals surface area contributed by atoms with Gasteiger partial charge in [0.25, 0.3) is 0 Å². The third-order valence-corrected chi connectivity index (χ3v) is 2.68. The first-order valence-corrected chi connectivity index (χ1v) is 5.49. The summed E-state index contributed by atoms with van der Waals surface area (Å²) in [5.74, 6) is -0.545. The van der Waals surface area contributed by atoms with E-state index in [-0.39, 0.29) is 16.8 Å². The Bertz CT molecular complexity index is 652. The van der Waals surface area contributed by atoms with Crippen LogP contribution < -0.4 is 10.5 Å². The van der Waals surface area contributed by atoms with E-state index in [1.165, 1.54) is 6.07 Å². The van der Waals surface area contributed by atoms with E-state index in [4.69, 9.17) is 5.73 Å². The van der Waals surface area contributed by atoms with Crippen LogP contribution in [0.3, 0.4) is 0 Å². The van der Waals surface area contributed by atoms with Gasteiger partial charge in [0.05, 0.1) is 11.1 Å². The summed E-state index contributed by atoms with van der Waals surface area (Å²) in [5, 5.41) is 11.0. The molecule has 2 aromatic rings. The van der Waals surface area contributed by atoms with E-state index >= 15 is 0 Å². The molecule has 0 aliphatic carbocycles. The minimum absolute atomic E-state index is 0.0348. The van der Waals surface area contributed by atoms with Crippen molar-refractivity contribution in [2.24, 2.45) is 0 Å². The SMILES string of the molecule is Nc1c[n+]([O-])ccc1C(=O)c1ccc(C(F)(F)F)cc1. The summed E-state index contributed by atoms with van der Waals surface area (Å²) in [5.41, 5.74) is 4.79. The number of nitrogen functional groups attached to an aromatic ring is 1. The van der Waals surface area contributed by atoms with Gasteiger partial charge in [0.1, 0.15) is 5.69 Å². The minimum atomic E-state index is -4.46. The Morgan fingerprint density at radius 2 is 1.75 bits per heavy atom. The molecular formula is C13H9F3N2O2. The van der Waals surface area contributed by atoms with Gasteiger partial charge in [-0.05, 0) is 12.1 Å². The quantitative estimate of drug-likeness (QED) is 0.521. The van der Waals surface area contributed by atoms with Crippen molar-refractivity contribution in [3.05, 3.63) is 64.6 Å². The maximum absolute atomic E-state index is 12.4. The number of benzene rings is 1. The van der Waals surface area contributed by atoms with Crippen LogP contribution in [0.2, 0.25) is 0 Å². The van der Waals surface area contributed by atoms with Gasteiger partial charge >= 0.3 is 6.18 Å². The Balaban J connectivity index is 2.34. The number of hydrogen-bond donors (Lipinski definition) is 1. The molecule has 0 saturated heterocycles. The van der Waals surface area contributed by atoms with Gasteiger partial charge in [0.2, 0.25) is 6.20 Å². The number of pyridine rings is 1. The second-order valence-corrected chi connectivity index (χ2v) is 4.08. The normalized spacial score (nSPS) is 11.3. The zero-order valence-electron chi connectivity index (χ0n) is 10.0. The standard InChI is InChI=1S/C13H9F3N2O2/c14-13(15,16)9-3-1-8(2-4-9)12(19)10-5-6-18(20)7-11(10)17/h1-7H,17H2. The molecule has 0 unspecified atom stereocenters. The highest BCUT2D eigenvalue weighted by molar-refractivity contribution is 6.11. The molecule has 1 aromatic heterocycles. The first-order valence-electron chi connectivity index (χ1n) is 5.49. The zero-order valence-corrected chi connectivity index (χ0v) is 10.0. The predicted octanol–water partition coefficient (Wildman–Crippen LogP) is 2.15. The topological polar surface area (TPSA) is 70.0 Å². The average molecular weight is 282 g/mol. The Kier molecular flexibility index (Phi) is 3.35. The number of nitrogens with two attached hydrogens (primary N) is 1. The highest BCUT2D eigenvalue weighted by atomic mass is 19.4. The molecule has 0 bridgehead atoms. The molecule has 20 heavy (non-hydrogen) atoms. The summed E-state index contributed by atoms with van der Waals surface area (Å²) < 4.78 is 37.7. The molecule has 2 N–H and O–H groups in total. The van der Waals surface area contributed by atoms with Gasteiger partial charge in [0.15, 0.2) is 12.0 Å². The van der Waals surface area contributed by atoms with Crippen molar-refractivity contribution in [3.8, 4) is 0 Å². The number of alkyl halides is 3. The number of halogens is 3. The number of anilines is 1. The molecule has 0 spiro atoms. The molecular weight excluding hydrogens is 273 g/mol. The van der Waals surface area contributed by atoms with Crippen molar-refractivity contribution < 1.29 is 22.7 Å². The number of aromatic nitrogens is 1. The Morgan fingerprint density at radius 1 is 1.15 bits per heavy atom. The minimum Gasteiger partial charge on any atom is -0.619 e. The second kappa shape index (κ2) is 4.84. The Labute approximate surface area is 111 Å². The van der Waals surface area contributed by atoms with E-state index in [0.717, 1.165) is 36.7 Å². The number of rotatable bonds is 2. The first-order chi connectivity index (χ1) is 9.29. The first kappa shape index (κ1) is 13.9. The second-order valence-electron chi connectivity index (χ2n) is 4.08. The van der Waals surface area contributed by atoms with Crippen LogP contribution in [-0.2, 0) is 6.18 Å². The molecule has 2 rings (SSSR count). The van der Waals surface area contributed by atoms with E-state index < -0.39 is 17.5 Å². The number of ketones is 1. The molecule has 0 aliphatic heterocycles. The smallest absolute Gasteiger partial charge is 0.416 e. The van der Waals surface area contributed by atoms with E-state index in [1.54, 1.807) is 0 Å². The van der Waals surface area contributed by atoms with E-state index in [0.29, 0.717) is 4.73 Å². The maximum Gasteiger partial charge on any atom is 0.416 e. The van der Waals surface area contributed by atoms with Crippen LogP contribution in [0.4, 0.5) is 18.9 Å². The molecule has 0 radical (unpaired) electrons. The lowest BCUT2D eigenvalue weighted by molar-refractivity contribution is -0.604. The molecule has 0 atom stereocenters. The lowest BCUT2D eigenvalue weighted by atomic mass is 10.0. The molecule has 0 fully saturated rings. The molecule has 0 aliphatic rings. The van der Waals surface area contributed by atoms with Crippen molar-refractivity contribution in [1.29, 1.82) is 0 Å². The summed E-state index contributed by atoms with van der Waals surface area (Å²) in [4.78, 5) is 12.1. The lowest BCUT2D eigenvalue weighted by Crippen LogP contribution is -2.26. The molecule has 104 valence electrons. The fourth-order valence-electron chi connectivity index (χ4n) is 1.67. The van der Waals surface area contributed by atoms with Gasteiger partial charge in [-0.15, -0.1) is 0 Å². The number of carbonyl (C=O) groups is 1. The lowest BCUT2D eigenvalue weighted by Gasteiger charge is -2.08. The molecule has 0 saturated carbocycles. The van der Waals surface area contributed by atoms with Crippen LogP contribution in [0.1, 0.15) is 21.5 Å². The van der Waals surface area contributed by atoms with E-state index in [2.05, 4.69) is 0 Å². The van der Waals surface area contributed by atoms with Crippen molar-refractivity contribution >= 4 is 11.5 Å². The largest absolute Gasteiger partial charge is 0.619 e. The fraction of sp³-hybridized carbons (Fsp3) is 0.0769. The summed E-state index contributed by atoms with van der Waals surface area (Å²) in [6.45, 7) is 0. The molecule has 1 heterocycles. The van der Waals surface area contributed by atoms with Crippen LogP contribution >= 0.6 is 0 Å². The summed E-state index contributed by atoms with van der Waals surface area (Å²) in [6.07, 6.45) is -2.35. The molecule has 4 nitrogen and oxygen atoms in total. The number of hydrogen-bond acceptors (Lipinski definition) is 3. The Morgan fingerprint density at radius 3 is 2.25 bits per heavy atom. The van der Waals surface area contributed by atoms with Crippen molar-refractivity contribution in [1.82, 2.24) is 0 Å². The fourth-order valence-corrected chi connectivity index (χ4v) is 1.67. The maximum atomic E-state index is 12.4. The highest BCUT2D eigenvalue weighted by Gasteiger charge is 2.30. The van der Waals surface area contributed by atoms with E-state index in [9.17, 15) is 23.2 Å². The summed E-state index contributed by atoms with van der Waals surface area (Å²) >= 11 is 0. The van der Waals surface area contributed by atoms with Crippen molar-refractivity contribution in [3.63, 3.8) is 0 Å². The number of carbonyl (C=O) groups excluding carboxylic acids is 1. The summed E-state index contributed by atoms with van der Waals surface area (Å²) in [6, 6.07) is 5.01. The van der Waals surface area contributed by atoms with Gasteiger partial charge in [-0.2, -0.15) is 17.9 Å². The molecule has 7 heteroatoms. The van der Waals surface area contributed by atoms with Crippen LogP contribution in [-0.4, -0.2) is 5.78 Å². The Hall–Kier alpha value is -2.57. The van der Waals surface area contributed by atoms with Crippen molar-refractivity contribution in [2.45, 2.75) is 6.18 Å². The van der Waals surface area contributed by atoms with E-state index in [1.807, 2.05) is 0 Å². The molecule has 1 aromatic carbocycles. The monoisotopic (exact) mass is 282 g/mol. The van der Waals surface area contributed by atoms with Crippen molar-refractivity contribution in [2.75, 3.05) is 5.73 Å². The van der Waals surface area contributed by atoms with Gasteiger partial charge in [-0.25, -0.2) is 0 Å². The highest BCUT2D eigenvalue weighted by Crippen LogP contribution is 2.29. The van der Waals surface area contributed by atoms with Crippen LogP contribution in [0.15, 0.2) is 42.7 Å². The summed E-state index contributed by atoms with van der Waals surface area (Å²) in [7, 11) is 0. The average Bonchev–Trinajstić information content (AvgIpc) is 2.37. The third-order valence-electron chi connectivity index (χ3n) is 2.68. The van der Waals surface area contributed by atoms with Gasteiger partial charge in [-0.3, -0.25) is 4.79 Å². The van der Waals surface area contributed by atoms with Gasteiger partial charge in [0, 0.05) is 11.6 Å². The van der Waals surface area contributed by atoms with Crippen LogP contribution in [0.5, 0.6) is 0 Å². The number of nitrogens with zero attached hydrogens (tertiary/aromatic N) is 1. The molecule has 0 amide bonds. The van der Waals surface area contributed by atoms with Crippen LogP contribution in [0, 0.1) is 5.21 Å². The van der Waals surface area contributed by atoms with Crippen LogP contribution in [0.25, 0.3) is 0 Å². The zero-order chi connectivity index (χ0) is 14.9. The predicted molar refractivity (Wildman–Crippen MR) is 64.7 cm³/mol.